The van der Waals surface area contributed by atoms with Gasteiger partial charge in [0.05, 0.1) is 11.3 Å². The Morgan fingerprint density at radius 2 is 1.61 bits per heavy atom. The first-order valence-corrected chi connectivity index (χ1v) is 10.4. The van der Waals surface area contributed by atoms with Gasteiger partial charge in [-0.15, -0.1) is 0 Å². The molecule has 3 rings (SSSR count). The zero-order chi connectivity index (χ0) is 24.2. The Bertz CT molecular complexity index is 1260. The standard InChI is InChI=1S/C26H26N2O5/c1-16(18-10-9-17-7-5-6-8-19(17)14-18)13-23(29)28-22-12-11-20(15-21(22)24(30)31)27-25(32)33-26(2,3)4/h5-15H,1-4H3,(H,27,32)(H,28,29)(H,30,31). The number of anilines is 2. The van der Waals surface area contributed by atoms with Crippen molar-refractivity contribution in [2.24, 2.45) is 0 Å². The number of nitrogens with one attached hydrogen (secondary N) is 2. The number of ether oxygens (including phenoxy) is 1. The van der Waals surface area contributed by atoms with E-state index in [1.54, 1.807) is 20.8 Å². The summed E-state index contributed by atoms with van der Waals surface area (Å²) in [5.74, 6) is -1.70. The van der Waals surface area contributed by atoms with Crippen molar-refractivity contribution in [2.75, 3.05) is 10.6 Å². The topological polar surface area (TPSA) is 105 Å². The molecule has 7 nitrogen and oxygen atoms in total. The Labute approximate surface area is 192 Å². The maximum atomic E-state index is 12.6. The van der Waals surface area contributed by atoms with Crippen molar-refractivity contribution in [3.05, 3.63) is 77.9 Å². The van der Waals surface area contributed by atoms with Gasteiger partial charge in [-0.1, -0.05) is 36.4 Å². The highest BCUT2D eigenvalue weighted by Crippen LogP contribution is 2.24. The van der Waals surface area contributed by atoms with Crippen molar-refractivity contribution >= 4 is 45.7 Å². The van der Waals surface area contributed by atoms with Gasteiger partial charge < -0.3 is 15.2 Å². The van der Waals surface area contributed by atoms with Gasteiger partial charge in [0.1, 0.15) is 5.60 Å². The van der Waals surface area contributed by atoms with Gasteiger partial charge in [-0.3, -0.25) is 10.1 Å². The van der Waals surface area contributed by atoms with Gasteiger partial charge in [0.25, 0.3) is 0 Å². The maximum Gasteiger partial charge on any atom is 0.412 e. The maximum absolute atomic E-state index is 12.6. The molecular weight excluding hydrogens is 420 g/mol. The monoisotopic (exact) mass is 446 g/mol. The molecule has 0 aliphatic carbocycles. The molecule has 33 heavy (non-hydrogen) atoms. The number of carboxylic acids is 1. The van der Waals surface area contributed by atoms with E-state index in [4.69, 9.17) is 4.74 Å². The quantitative estimate of drug-likeness (QED) is 0.422. The number of carbonyl (C=O) groups excluding carboxylic acids is 2. The molecule has 3 N–H and O–H groups in total. The van der Waals surface area contributed by atoms with E-state index in [1.807, 2.05) is 49.4 Å². The second kappa shape index (κ2) is 9.56. The lowest BCUT2D eigenvalue weighted by Gasteiger charge is -2.20. The molecule has 0 fully saturated rings. The summed E-state index contributed by atoms with van der Waals surface area (Å²) < 4.78 is 5.17. The van der Waals surface area contributed by atoms with E-state index in [1.165, 1.54) is 24.3 Å². The third kappa shape index (κ3) is 6.43. The number of hydrogen-bond acceptors (Lipinski definition) is 4. The number of benzene rings is 3. The molecule has 0 atom stereocenters. The van der Waals surface area contributed by atoms with Gasteiger partial charge in [0.2, 0.25) is 5.91 Å². The Morgan fingerprint density at radius 1 is 0.909 bits per heavy atom. The van der Waals surface area contributed by atoms with Crippen LogP contribution in [-0.2, 0) is 9.53 Å². The van der Waals surface area contributed by atoms with Crippen LogP contribution in [0, 0.1) is 0 Å². The Balaban J connectivity index is 1.77. The Kier molecular flexibility index (Phi) is 6.82. The minimum atomic E-state index is -1.24. The third-order valence-corrected chi connectivity index (χ3v) is 4.71. The summed E-state index contributed by atoms with van der Waals surface area (Å²) in [5, 5.41) is 16.8. The predicted molar refractivity (Wildman–Crippen MR) is 129 cm³/mol. The van der Waals surface area contributed by atoms with Crippen LogP contribution in [0.5, 0.6) is 0 Å². The highest BCUT2D eigenvalue weighted by molar-refractivity contribution is 6.08. The molecule has 0 spiro atoms. The molecule has 170 valence electrons. The first-order chi connectivity index (χ1) is 15.5. The zero-order valence-corrected chi connectivity index (χ0v) is 18.9. The van der Waals surface area contributed by atoms with E-state index in [9.17, 15) is 19.5 Å². The summed E-state index contributed by atoms with van der Waals surface area (Å²) in [6.45, 7) is 6.99. The number of aromatic carboxylic acids is 1. The molecule has 0 bridgehead atoms. The molecule has 0 unspecified atom stereocenters. The SMILES string of the molecule is CC(=CC(=O)Nc1ccc(NC(=O)OC(C)(C)C)cc1C(=O)O)c1ccc2ccccc2c1. The minimum Gasteiger partial charge on any atom is -0.478 e. The van der Waals surface area contributed by atoms with Crippen molar-refractivity contribution < 1.29 is 24.2 Å². The van der Waals surface area contributed by atoms with Crippen molar-refractivity contribution in [3.8, 4) is 0 Å². The summed E-state index contributed by atoms with van der Waals surface area (Å²) in [5.41, 5.74) is 1.13. The van der Waals surface area contributed by atoms with Crippen LogP contribution < -0.4 is 10.6 Å². The lowest BCUT2D eigenvalue weighted by atomic mass is 10.0. The van der Waals surface area contributed by atoms with Crippen molar-refractivity contribution in [2.45, 2.75) is 33.3 Å². The van der Waals surface area contributed by atoms with E-state index >= 15 is 0 Å². The highest BCUT2D eigenvalue weighted by Gasteiger charge is 2.18. The largest absolute Gasteiger partial charge is 0.478 e. The summed E-state index contributed by atoms with van der Waals surface area (Å²) in [6, 6.07) is 18.0. The summed E-state index contributed by atoms with van der Waals surface area (Å²) >= 11 is 0. The molecule has 0 heterocycles. The summed E-state index contributed by atoms with van der Waals surface area (Å²) in [7, 11) is 0. The fourth-order valence-electron chi connectivity index (χ4n) is 3.21. The third-order valence-electron chi connectivity index (χ3n) is 4.71. The molecule has 0 aliphatic heterocycles. The van der Waals surface area contributed by atoms with Crippen LogP contribution in [0.1, 0.15) is 43.6 Å². The fraction of sp³-hybridized carbons (Fsp3) is 0.192. The lowest BCUT2D eigenvalue weighted by Crippen LogP contribution is -2.27. The first kappa shape index (κ1) is 23.5. The molecule has 3 aromatic carbocycles. The van der Waals surface area contributed by atoms with Crippen LogP contribution in [0.2, 0.25) is 0 Å². The van der Waals surface area contributed by atoms with Crippen LogP contribution in [0.3, 0.4) is 0 Å². The van der Waals surface area contributed by atoms with Crippen LogP contribution in [-0.4, -0.2) is 28.7 Å². The van der Waals surface area contributed by atoms with Crippen molar-refractivity contribution in [1.29, 1.82) is 0 Å². The molecule has 0 saturated heterocycles. The van der Waals surface area contributed by atoms with E-state index in [2.05, 4.69) is 10.6 Å². The number of hydrogen-bond donors (Lipinski definition) is 3. The van der Waals surface area contributed by atoms with Gasteiger partial charge in [0, 0.05) is 11.8 Å². The predicted octanol–water partition coefficient (Wildman–Crippen LogP) is 5.93. The molecule has 0 aromatic heterocycles. The van der Waals surface area contributed by atoms with Crippen molar-refractivity contribution in [1.82, 2.24) is 0 Å². The Hall–Kier alpha value is -4.13. The smallest absolute Gasteiger partial charge is 0.412 e. The Morgan fingerprint density at radius 3 is 2.27 bits per heavy atom. The molecule has 7 heteroatoms. The van der Waals surface area contributed by atoms with E-state index < -0.39 is 23.6 Å². The van der Waals surface area contributed by atoms with Gasteiger partial charge in [0.15, 0.2) is 0 Å². The van der Waals surface area contributed by atoms with Crippen LogP contribution in [0.25, 0.3) is 16.3 Å². The van der Waals surface area contributed by atoms with Gasteiger partial charge in [-0.05, 0) is 73.9 Å². The number of carbonyl (C=O) groups is 3. The number of rotatable bonds is 5. The molecule has 0 saturated carbocycles. The summed E-state index contributed by atoms with van der Waals surface area (Å²) in [6.07, 6.45) is 0.715. The zero-order valence-electron chi connectivity index (χ0n) is 18.9. The number of carboxylic acid groups (broad SMARTS) is 1. The first-order valence-electron chi connectivity index (χ1n) is 10.4. The van der Waals surface area contributed by atoms with Crippen molar-refractivity contribution in [3.63, 3.8) is 0 Å². The molecule has 2 amide bonds. The van der Waals surface area contributed by atoms with E-state index in [0.29, 0.717) is 0 Å². The second-order valence-corrected chi connectivity index (χ2v) is 8.57. The summed E-state index contributed by atoms with van der Waals surface area (Å²) in [4.78, 5) is 36.3. The number of fused-ring (bicyclic) bond motifs is 1. The van der Waals surface area contributed by atoms with E-state index in [0.717, 1.165) is 21.9 Å². The average molecular weight is 447 g/mol. The molecule has 0 aliphatic rings. The van der Waals surface area contributed by atoms with E-state index in [-0.39, 0.29) is 16.9 Å². The molecule has 3 aromatic rings. The minimum absolute atomic E-state index is 0.116. The van der Waals surface area contributed by atoms with Gasteiger partial charge in [-0.2, -0.15) is 0 Å². The lowest BCUT2D eigenvalue weighted by molar-refractivity contribution is -0.111. The normalized spacial score (nSPS) is 11.7. The van der Waals surface area contributed by atoms with Gasteiger partial charge in [-0.25, -0.2) is 9.59 Å². The van der Waals surface area contributed by atoms with Crippen LogP contribution in [0.15, 0.2) is 66.7 Å². The van der Waals surface area contributed by atoms with Gasteiger partial charge >= 0.3 is 12.1 Å². The molecule has 0 radical (unpaired) electrons. The second-order valence-electron chi connectivity index (χ2n) is 8.57. The average Bonchev–Trinajstić information content (AvgIpc) is 2.72. The number of amides is 2. The molecular formula is C26H26N2O5. The highest BCUT2D eigenvalue weighted by atomic mass is 16.6. The van der Waals surface area contributed by atoms with Crippen LogP contribution >= 0.6 is 0 Å². The fourth-order valence-corrected chi connectivity index (χ4v) is 3.21. The number of allylic oxidation sites excluding steroid dienone is 1. The van der Waals surface area contributed by atoms with Crippen LogP contribution in [0.4, 0.5) is 16.2 Å².